The van der Waals surface area contributed by atoms with E-state index in [9.17, 15) is 4.79 Å². The van der Waals surface area contributed by atoms with Gasteiger partial charge in [-0.3, -0.25) is 4.79 Å². The van der Waals surface area contributed by atoms with Crippen LogP contribution in [0.2, 0.25) is 0 Å². The zero-order valence-electron chi connectivity index (χ0n) is 17.8. The van der Waals surface area contributed by atoms with Crippen LogP contribution in [-0.4, -0.2) is 22.6 Å². The van der Waals surface area contributed by atoms with Crippen LogP contribution in [0.15, 0.2) is 81.0 Å². The quantitative estimate of drug-likeness (QED) is 0.371. The van der Waals surface area contributed by atoms with Crippen molar-refractivity contribution in [1.82, 2.24) is 10.1 Å². The van der Waals surface area contributed by atoms with Gasteiger partial charge in [0.1, 0.15) is 0 Å². The van der Waals surface area contributed by atoms with Crippen LogP contribution in [0.1, 0.15) is 34.3 Å². The molecule has 0 spiro atoms. The van der Waals surface area contributed by atoms with Gasteiger partial charge in [-0.2, -0.15) is 4.98 Å². The Morgan fingerprint density at radius 3 is 2.62 bits per heavy atom. The third kappa shape index (κ3) is 3.85. The number of nitrogens with zero attached hydrogens (tertiary/aromatic N) is 3. The van der Waals surface area contributed by atoms with Crippen LogP contribution in [0.3, 0.4) is 0 Å². The van der Waals surface area contributed by atoms with E-state index < -0.39 is 0 Å². The van der Waals surface area contributed by atoms with Gasteiger partial charge in [0.25, 0.3) is 11.8 Å². The molecule has 4 aromatic rings. The van der Waals surface area contributed by atoms with Crippen LogP contribution < -0.4 is 4.90 Å². The molecule has 1 aliphatic rings. The second-order valence-corrected chi connectivity index (χ2v) is 8.61. The van der Waals surface area contributed by atoms with Crippen molar-refractivity contribution in [2.75, 3.05) is 11.4 Å². The van der Waals surface area contributed by atoms with Gasteiger partial charge in [-0.1, -0.05) is 58.9 Å². The molecule has 0 N–H and O–H groups in total. The molecule has 0 radical (unpaired) electrons. The standard InChI is InChI=1S/C26H21N3O2S/c1-3-29-21-14-13-19(16-23(21)32-22-7-5-4-6-20(22)26(29)30)25-27-24(31-28-25)15-12-18-10-8-17(2)9-11-18/h4-16H,3H2,1-2H3/b15-12+. The lowest BCUT2D eigenvalue weighted by Gasteiger charge is -2.21. The molecule has 0 saturated heterocycles. The van der Waals surface area contributed by atoms with Crippen LogP contribution in [0.25, 0.3) is 23.5 Å². The van der Waals surface area contributed by atoms with E-state index in [4.69, 9.17) is 4.52 Å². The fourth-order valence-corrected chi connectivity index (χ4v) is 4.76. The van der Waals surface area contributed by atoms with Crippen molar-refractivity contribution in [3.8, 4) is 11.4 Å². The minimum Gasteiger partial charge on any atom is -0.334 e. The first-order valence-corrected chi connectivity index (χ1v) is 11.3. The van der Waals surface area contributed by atoms with Gasteiger partial charge in [0, 0.05) is 28.0 Å². The molecule has 0 aliphatic carbocycles. The maximum Gasteiger partial charge on any atom is 0.259 e. The van der Waals surface area contributed by atoms with E-state index in [0.717, 1.165) is 32.2 Å². The largest absolute Gasteiger partial charge is 0.334 e. The number of aryl methyl sites for hydroxylation is 1. The lowest BCUT2D eigenvalue weighted by Crippen LogP contribution is -2.30. The lowest BCUT2D eigenvalue weighted by atomic mass is 10.1. The second-order valence-electron chi connectivity index (χ2n) is 7.53. The van der Waals surface area contributed by atoms with E-state index in [1.165, 1.54) is 5.56 Å². The summed E-state index contributed by atoms with van der Waals surface area (Å²) in [7, 11) is 0. The van der Waals surface area contributed by atoms with Crippen LogP contribution in [0.4, 0.5) is 5.69 Å². The number of anilines is 1. The summed E-state index contributed by atoms with van der Waals surface area (Å²) in [5, 5.41) is 4.16. The Labute approximate surface area is 190 Å². The van der Waals surface area contributed by atoms with Gasteiger partial charge < -0.3 is 9.42 Å². The number of hydrogen-bond acceptors (Lipinski definition) is 5. The molecule has 1 aliphatic heterocycles. The second kappa shape index (κ2) is 8.48. The predicted octanol–water partition coefficient (Wildman–Crippen LogP) is 6.35. The highest BCUT2D eigenvalue weighted by molar-refractivity contribution is 7.99. The summed E-state index contributed by atoms with van der Waals surface area (Å²) in [5.41, 5.74) is 4.75. The molecule has 0 saturated carbocycles. The molecule has 1 amide bonds. The van der Waals surface area contributed by atoms with Gasteiger partial charge in [0.2, 0.25) is 5.82 Å². The third-order valence-electron chi connectivity index (χ3n) is 5.35. The average Bonchev–Trinajstić information content (AvgIpc) is 3.25. The van der Waals surface area contributed by atoms with E-state index in [0.29, 0.717) is 18.3 Å². The summed E-state index contributed by atoms with van der Waals surface area (Å²) in [4.78, 5) is 21.3. The minimum atomic E-state index is 0.0187. The topological polar surface area (TPSA) is 59.2 Å². The summed E-state index contributed by atoms with van der Waals surface area (Å²) in [5.74, 6) is 0.980. The number of fused-ring (bicyclic) bond motifs is 2. The minimum absolute atomic E-state index is 0.0187. The van der Waals surface area contributed by atoms with Gasteiger partial charge in [-0.15, -0.1) is 0 Å². The van der Waals surface area contributed by atoms with Crippen molar-refractivity contribution in [3.63, 3.8) is 0 Å². The van der Waals surface area contributed by atoms with Crippen molar-refractivity contribution in [2.45, 2.75) is 23.6 Å². The van der Waals surface area contributed by atoms with E-state index in [-0.39, 0.29) is 5.91 Å². The van der Waals surface area contributed by atoms with Crippen molar-refractivity contribution in [1.29, 1.82) is 0 Å². The van der Waals surface area contributed by atoms with Gasteiger partial charge in [-0.05, 0) is 55.8 Å². The molecule has 32 heavy (non-hydrogen) atoms. The highest BCUT2D eigenvalue weighted by Gasteiger charge is 2.26. The smallest absolute Gasteiger partial charge is 0.259 e. The number of carbonyl (C=O) groups excluding carboxylic acids is 1. The first-order chi connectivity index (χ1) is 15.6. The molecule has 3 aromatic carbocycles. The Morgan fingerprint density at radius 1 is 1.00 bits per heavy atom. The lowest BCUT2D eigenvalue weighted by molar-refractivity contribution is 0.0985. The first-order valence-electron chi connectivity index (χ1n) is 10.4. The Balaban J connectivity index is 1.46. The van der Waals surface area contributed by atoms with Crippen molar-refractivity contribution < 1.29 is 9.32 Å². The highest BCUT2D eigenvalue weighted by atomic mass is 32.2. The SMILES string of the molecule is CCN1C(=O)c2ccccc2Sc2cc(-c3noc(/C=C/c4ccc(C)cc4)n3)ccc21. The van der Waals surface area contributed by atoms with Crippen molar-refractivity contribution >= 4 is 35.5 Å². The fraction of sp³-hybridized carbons (Fsp3) is 0.115. The number of aromatic nitrogens is 2. The summed E-state index contributed by atoms with van der Waals surface area (Å²) in [6, 6.07) is 21.9. The van der Waals surface area contributed by atoms with Gasteiger partial charge in [0.15, 0.2) is 0 Å². The average molecular weight is 440 g/mol. The molecule has 0 fully saturated rings. The molecule has 5 nitrogen and oxygen atoms in total. The Kier molecular flexibility index (Phi) is 5.37. The number of benzene rings is 3. The van der Waals surface area contributed by atoms with Crippen LogP contribution in [0, 0.1) is 6.92 Å². The predicted molar refractivity (Wildman–Crippen MR) is 128 cm³/mol. The zero-order valence-corrected chi connectivity index (χ0v) is 18.6. The maximum absolute atomic E-state index is 13.1. The van der Waals surface area contributed by atoms with Crippen molar-refractivity contribution in [3.05, 3.63) is 89.3 Å². The molecule has 0 bridgehead atoms. The Morgan fingerprint density at radius 2 is 1.81 bits per heavy atom. The summed E-state index contributed by atoms with van der Waals surface area (Å²) < 4.78 is 5.43. The molecule has 5 rings (SSSR count). The maximum atomic E-state index is 13.1. The summed E-state index contributed by atoms with van der Waals surface area (Å²) >= 11 is 1.59. The Hall–Kier alpha value is -3.64. The van der Waals surface area contributed by atoms with Gasteiger partial charge in [0.05, 0.1) is 11.3 Å². The van der Waals surface area contributed by atoms with Crippen LogP contribution >= 0.6 is 11.8 Å². The monoisotopic (exact) mass is 439 g/mol. The molecule has 158 valence electrons. The molecule has 1 aromatic heterocycles. The van der Waals surface area contributed by atoms with Gasteiger partial charge >= 0.3 is 0 Å². The molecule has 0 unspecified atom stereocenters. The first kappa shape index (κ1) is 20.3. The number of hydrogen-bond donors (Lipinski definition) is 0. The van der Waals surface area contributed by atoms with E-state index in [1.807, 2.05) is 78.6 Å². The normalized spacial score (nSPS) is 13.2. The molecule has 0 atom stereocenters. The van der Waals surface area contributed by atoms with Gasteiger partial charge in [-0.25, -0.2) is 0 Å². The van der Waals surface area contributed by atoms with E-state index >= 15 is 0 Å². The van der Waals surface area contributed by atoms with Crippen molar-refractivity contribution in [2.24, 2.45) is 0 Å². The molecular formula is C26H21N3O2S. The Bertz CT molecular complexity index is 1330. The third-order valence-corrected chi connectivity index (χ3v) is 6.47. The molecular weight excluding hydrogens is 418 g/mol. The van der Waals surface area contributed by atoms with E-state index in [1.54, 1.807) is 11.8 Å². The number of carbonyl (C=O) groups is 1. The van der Waals surface area contributed by atoms with Crippen LogP contribution in [0.5, 0.6) is 0 Å². The fourth-order valence-electron chi connectivity index (χ4n) is 3.64. The zero-order chi connectivity index (χ0) is 22.1. The molecule has 2 heterocycles. The summed E-state index contributed by atoms with van der Waals surface area (Å²) in [6.45, 7) is 4.64. The summed E-state index contributed by atoms with van der Waals surface area (Å²) in [6.07, 6.45) is 3.76. The highest BCUT2D eigenvalue weighted by Crippen LogP contribution is 2.42. The van der Waals surface area contributed by atoms with E-state index in [2.05, 4.69) is 29.2 Å². The number of rotatable bonds is 4. The number of amides is 1. The van der Waals surface area contributed by atoms with Crippen LogP contribution in [-0.2, 0) is 0 Å². The molecule has 6 heteroatoms.